The molecule has 1 aliphatic heterocycles. The normalized spacial score (nSPS) is 17.3. The van der Waals surface area contributed by atoms with Crippen molar-refractivity contribution in [3.05, 3.63) is 35.6 Å². The molecule has 1 aliphatic rings. The van der Waals surface area contributed by atoms with Crippen molar-refractivity contribution < 1.29 is 9.18 Å². The molecule has 0 N–H and O–H groups in total. The molecule has 4 heteroatoms. The molecule has 2 rings (SSSR count). The van der Waals surface area contributed by atoms with Crippen molar-refractivity contribution in [2.24, 2.45) is 0 Å². The zero-order valence-corrected chi connectivity index (χ0v) is 9.80. The van der Waals surface area contributed by atoms with Gasteiger partial charge in [-0.1, -0.05) is 12.1 Å². The lowest BCUT2D eigenvalue weighted by atomic mass is 10.1. The summed E-state index contributed by atoms with van der Waals surface area (Å²) in [6.45, 7) is 2.18. The fourth-order valence-corrected chi connectivity index (χ4v) is 2.71. The minimum atomic E-state index is -0.418. The van der Waals surface area contributed by atoms with Gasteiger partial charge in [-0.05, 0) is 12.1 Å². The Kier molecular flexibility index (Phi) is 3.96. The van der Waals surface area contributed by atoms with Crippen LogP contribution in [0.4, 0.5) is 4.39 Å². The highest BCUT2D eigenvalue weighted by Crippen LogP contribution is 2.12. The predicted octanol–water partition coefficient (Wildman–Crippen LogP) is 2.06. The third kappa shape index (κ3) is 2.83. The van der Waals surface area contributed by atoms with Crippen LogP contribution in [0.15, 0.2) is 24.3 Å². The van der Waals surface area contributed by atoms with Crippen LogP contribution < -0.4 is 0 Å². The zero-order chi connectivity index (χ0) is 11.4. The van der Waals surface area contributed by atoms with Gasteiger partial charge in [-0.3, -0.25) is 9.69 Å². The second-order valence-electron chi connectivity index (χ2n) is 3.79. The van der Waals surface area contributed by atoms with Gasteiger partial charge >= 0.3 is 0 Å². The number of carbonyl (C=O) groups excluding carboxylic acids is 1. The molecule has 0 unspecified atom stereocenters. The number of benzene rings is 1. The lowest BCUT2D eigenvalue weighted by molar-refractivity contribution is 0.0933. The first-order valence-corrected chi connectivity index (χ1v) is 6.50. The Morgan fingerprint density at radius 1 is 1.31 bits per heavy atom. The fourth-order valence-electron chi connectivity index (χ4n) is 1.73. The van der Waals surface area contributed by atoms with E-state index in [1.807, 2.05) is 11.8 Å². The van der Waals surface area contributed by atoms with Crippen molar-refractivity contribution >= 4 is 17.5 Å². The number of ketones is 1. The molecule has 1 aromatic carbocycles. The van der Waals surface area contributed by atoms with Gasteiger partial charge in [0.25, 0.3) is 0 Å². The Balaban J connectivity index is 2.00. The Morgan fingerprint density at radius 3 is 2.69 bits per heavy atom. The third-order valence-electron chi connectivity index (χ3n) is 2.65. The van der Waals surface area contributed by atoms with E-state index in [2.05, 4.69) is 4.90 Å². The molecule has 1 fully saturated rings. The minimum Gasteiger partial charge on any atom is -0.294 e. The van der Waals surface area contributed by atoms with E-state index in [1.165, 1.54) is 6.07 Å². The summed E-state index contributed by atoms with van der Waals surface area (Å²) in [6.07, 6.45) is 0. The first kappa shape index (κ1) is 11.6. The van der Waals surface area contributed by atoms with E-state index in [9.17, 15) is 9.18 Å². The molecule has 0 bridgehead atoms. The lowest BCUT2D eigenvalue weighted by Crippen LogP contribution is -2.36. The molecular formula is C12H14FNOS. The largest absolute Gasteiger partial charge is 0.294 e. The summed E-state index contributed by atoms with van der Waals surface area (Å²) < 4.78 is 13.4. The SMILES string of the molecule is O=C(CN1CCSCC1)c1ccccc1F. The third-order valence-corrected chi connectivity index (χ3v) is 3.59. The standard InChI is InChI=1S/C12H14FNOS/c13-11-4-2-1-3-10(11)12(15)9-14-5-7-16-8-6-14/h1-4H,5-9H2. The van der Waals surface area contributed by atoms with Crippen molar-refractivity contribution in [3.63, 3.8) is 0 Å². The number of carbonyl (C=O) groups is 1. The van der Waals surface area contributed by atoms with E-state index < -0.39 is 5.82 Å². The molecule has 1 aromatic rings. The Bertz CT molecular complexity index is 377. The van der Waals surface area contributed by atoms with Crippen LogP contribution >= 0.6 is 11.8 Å². The molecule has 0 aromatic heterocycles. The fraction of sp³-hybridized carbons (Fsp3) is 0.417. The molecule has 16 heavy (non-hydrogen) atoms. The van der Waals surface area contributed by atoms with Crippen molar-refractivity contribution in [2.75, 3.05) is 31.1 Å². The summed E-state index contributed by atoms with van der Waals surface area (Å²) in [5.74, 6) is 1.58. The van der Waals surface area contributed by atoms with Crippen molar-refractivity contribution in [3.8, 4) is 0 Å². The van der Waals surface area contributed by atoms with Crippen molar-refractivity contribution in [2.45, 2.75) is 0 Å². The highest BCUT2D eigenvalue weighted by atomic mass is 32.2. The topological polar surface area (TPSA) is 20.3 Å². The van der Waals surface area contributed by atoms with Crippen molar-refractivity contribution in [1.29, 1.82) is 0 Å². The molecule has 1 heterocycles. The van der Waals surface area contributed by atoms with Crippen LogP contribution in [0.2, 0.25) is 0 Å². The van der Waals surface area contributed by atoms with Gasteiger partial charge in [-0.2, -0.15) is 11.8 Å². The Labute approximate surface area is 98.8 Å². The number of nitrogens with zero attached hydrogens (tertiary/aromatic N) is 1. The number of hydrogen-bond acceptors (Lipinski definition) is 3. The number of hydrogen-bond donors (Lipinski definition) is 0. The maximum absolute atomic E-state index is 13.4. The highest BCUT2D eigenvalue weighted by molar-refractivity contribution is 7.99. The predicted molar refractivity (Wildman–Crippen MR) is 64.5 cm³/mol. The summed E-state index contributed by atoms with van der Waals surface area (Å²) in [4.78, 5) is 13.9. The van der Waals surface area contributed by atoms with Gasteiger partial charge in [0.15, 0.2) is 5.78 Å². The van der Waals surface area contributed by atoms with Gasteiger partial charge in [0.05, 0.1) is 12.1 Å². The molecule has 86 valence electrons. The molecule has 1 saturated heterocycles. The monoisotopic (exact) mass is 239 g/mol. The van der Waals surface area contributed by atoms with Crippen LogP contribution in [0.5, 0.6) is 0 Å². The van der Waals surface area contributed by atoms with Gasteiger partial charge in [0.1, 0.15) is 5.82 Å². The molecular weight excluding hydrogens is 225 g/mol. The maximum atomic E-state index is 13.4. The summed E-state index contributed by atoms with van der Waals surface area (Å²) in [5.41, 5.74) is 0.209. The zero-order valence-electron chi connectivity index (χ0n) is 8.99. The molecule has 0 atom stereocenters. The van der Waals surface area contributed by atoms with E-state index in [0.29, 0.717) is 6.54 Å². The molecule has 0 aliphatic carbocycles. The van der Waals surface area contributed by atoms with Crippen LogP contribution in [0.1, 0.15) is 10.4 Å². The maximum Gasteiger partial charge on any atom is 0.179 e. The highest BCUT2D eigenvalue weighted by Gasteiger charge is 2.17. The van der Waals surface area contributed by atoms with E-state index in [4.69, 9.17) is 0 Å². The van der Waals surface area contributed by atoms with Gasteiger partial charge in [-0.15, -0.1) is 0 Å². The van der Waals surface area contributed by atoms with E-state index in [-0.39, 0.29) is 11.3 Å². The second-order valence-corrected chi connectivity index (χ2v) is 5.02. The number of halogens is 1. The van der Waals surface area contributed by atoms with Crippen LogP contribution in [0.25, 0.3) is 0 Å². The number of thioether (sulfide) groups is 1. The first-order valence-electron chi connectivity index (χ1n) is 5.35. The van der Waals surface area contributed by atoms with Gasteiger partial charge in [-0.25, -0.2) is 4.39 Å². The van der Waals surface area contributed by atoms with Gasteiger partial charge in [0.2, 0.25) is 0 Å². The summed E-state index contributed by atoms with van der Waals surface area (Å²) in [6, 6.07) is 6.18. The summed E-state index contributed by atoms with van der Waals surface area (Å²) >= 11 is 1.90. The summed E-state index contributed by atoms with van der Waals surface area (Å²) in [5, 5.41) is 0. The average molecular weight is 239 g/mol. The molecule has 0 radical (unpaired) electrons. The molecule has 0 amide bonds. The number of rotatable bonds is 3. The van der Waals surface area contributed by atoms with E-state index >= 15 is 0 Å². The quantitative estimate of drug-likeness (QED) is 0.753. The lowest BCUT2D eigenvalue weighted by Gasteiger charge is -2.25. The second kappa shape index (κ2) is 5.46. The van der Waals surface area contributed by atoms with Gasteiger partial charge < -0.3 is 0 Å². The van der Waals surface area contributed by atoms with Crippen molar-refractivity contribution in [1.82, 2.24) is 4.90 Å². The van der Waals surface area contributed by atoms with Crippen LogP contribution in [-0.4, -0.2) is 41.8 Å². The Morgan fingerprint density at radius 2 is 2.00 bits per heavy atom. The van der Waals surface area contributed by atoms with Gasteiger partial charge in [0, 0.05) is 24.6 Å². The summed E-state index contributed by atoms with van der Waals surface area (Å²) in [7, 11) is 0. The van der Waals surface area contributed by atoms with Crippen LogP contribution in [0.3, 0.4) is 0 Å². The van der Waals surface area contributed by atoms with Crippen LogP contribution in [-0.2, 0) is 0 Å². The molecule has 0 spiro atoms. The van der Waals surface area contributed by atoms with E-state index in [0.717, 1.165) is 24.6 Å². The van der Waals surface area contributed by atoms with Crippen LogP contribution in [0, 0.1) is 5.82 Å². The van der Waals surface area contributed by atoms with E-state index in [1.54, 1.807) is 18.2 Å². The smallest absolute Gasteiger partial charge is 0.179 e. The average Bonchev–Trinajstić information content (AvgIpc) is 2.31. The Hall–Kier alpha value is -0.870. The number of Topliss-reactive ketones (excluding diaryl/α,β-unsaturated/α-hetero) is 1. The minimum absolute atomic E-state index is 0.120. The molecule has 0 saturated carbocycles. The molecule has 2 nitrogen and oxygen atoms in total. The first-order chi connectivity index (χ1) is 7.77.